The number of hydrogen-bond acceptors (Lipinski definition) is 5. The van der Waals surface area contributed by atoms with Crippen LogP contribution in [0.5, 0.6) is 5.75 Å². The molecule has 1 saturated carbocycles. The van der Waals surface area contributed by atoms with E-state index in [9.17, 15) is 9.59 Å². The van der Waals surface area contributed by atoms with Gasteiger partial charge in [0.05, 0.1) is 23.8 Å². The van der Waals surface area contributed by atoms with Gasteiger partial charge in [-0.05, 0) is 91.4 Å². The fourth-order valence-electron chi connectivity index (χ4n) is 7.26. The van der Waals surface area contributed by atoms with E-state index < -0.39 is 0 Å². The molecule has 3 N–H and O–H groups in total. The SMILES string of the molecule is COc1cc(C(=O)N2CCC[C@@H](CN)C2)cc2nc(-c3cc4cccc(-c5ccc6[nH]c(=O)ccc6c5)c4n3CC3CC3)n(C)c12. The predicted octanol–water partition coefficient (Wildman–Crippen LogP) is 5.93. The summed E-state index contributed by atoms with van der Waals surface area (Å²) < 4.78 is 10.4. The number of nitrogens with one attached hydrogen (secondary N) is 1. The van der Waals surface area contributed by atoms with Crippen molar-refractivity contribution < 1.29 is 9.53 Å². The number of rotatable bonds is 7. The van der Waals surface area contributed by atoms with Gasteiger partial charge in [-0.15, -0.1) is 0 Å². The van der Waals surface area contributed by atoms with E-state index in [0.717, 1.165) is 75.9 Å². The molecule has 3 aromatic carbocycles. The van der Waals surface area contributed by atoms with Crippen LogP contribution in [0.2, 0.25) is 0 Å². The Balaban J connectivity index is 1.27. The predicted molar refractivity (Wildman–Crippen MR) is 182 cm³/mol. The molecule has 3 aromatic heterocycles. The highest BCUT2D eigenvalue weighted by atomic mass is 16.5. The number of carbonyl (C=O) groups is 1. The lowest BCUT2D eigenvalue weighted by Crippen LogP contribution is -2.42. The molecule has 1 amide bonds. The maximum Gasteiger partial charge on any atom is 0.254 e. The van der Waals surface area contributed by atoms with Crippen molar-refractivity contribution >= 4 is 38.7 Å². The number of hydrogen-bond donors (Lipinski definition) is 2. The number of carbonyl (C=O) groups excluding carboxylic acids is 1. The maximum absolute atomic E-state index is 13.7. The molecule has 1 saturated heterocycles. The van der Waals surface area contributed by atoms with E-state index in [-0.39, 0.29) is 11.5 Å². The molecule has 9 heteroatoms. The number of amides is 1. The van der Waals surface area contributed by atoms with Gasteiger partial charge in [0.2, 0.25) is 5.56 Å². The molecule has 0 radical (unpaired) electrons. The van der Waals surface area contributed by atoms with Gasteiger partial charge in [0.15, 0.2) is 5.82 Å². The van der Waals surface area contributed by atoms with Crippen molar-refractivity contribution in [2.75, 3.05) is 26.7 Å². The summed E-state index contributed by atoms with van der Waals surface area (Å²) in [5, 5.41) is 2.13. The molecule has 9 nitrogen and oxygen atoms in total. The van der Waals surface area contributed by atoms with E-state index in [2.05, 4.69) is 50.5 Å². The monoisotopic (exact) mass is 614 g/mol. The Morgan fingerprint density at radius 3 is 2.67 bits per heavy atom. The summed E-state index contributed by atoms with van der Waals surface area (Å²) in [6, 6.07) is 22.1. The molecule has 1 aliphatic carbocycles. The van der Waals surface area contributed by atoms with E-state index in [1.54, 1.807) is 13.2 Å². The second kappa shape index (κ2) is 11.2. The van der Waals surface area contributed by atoms with Gasteiger partial charge in [-0.1, -0.05) is 24.3 Å². The number of H-pyrrole nitrogens is 1. The van der Waals surface area contributed by atoms with E-state index >= 15 is 0 Å². The lowest BCUT2D eigenvalue weighted by molar-refractivity contribution is 0.0678. The molecule has 4 heterocycles. The van der Waals surface area contributed by atoms with Crippen molar-refractivity contribution in [2.45, 2.75) is 32.2 Å². The van der Waals surface area contributed by atoms with Crippen molar-refractivity contribution in [1.82, 2.24) is 24.0 Å². The number of nitrogens with zero attached hydrogens (tertiary/aromatic N) is 4. The average molecular weight is 615 g/mol. The number of methoxy groups -OCH3 is 1. The Hall–Kier alpha value is -4.89. The fraction of sp³-hybridized carbons (Fsp3) is 0.324. The van der Waals surface area contributed by atoms with Crippen molar-refractivity contribution in [3.8, 4) is 28.4 Å². The molecule has 234 valence electrons. The first-order valence-electron chi connectivity index (χ1n) is 16.2. The van der Waals surface area contributed by atoms with Crippen LogP contribution in [0.25, 0.3) is 55.5 Å². The standard InChI is InChI=1S/C37H38N6O3/c1-41-35-30(16-27(18-32(35)46-2)37(45)42-14-4-5-23(19-38)20-42)40-36(41)31-17-26-6-3-7-28(34(26)43(31)21-22-8-9-22)24-10-12-29-25(15-24)11-13-33(44)39-29/h3,6-7,10-13,15-18,22-23H,4-5,8-9,14,19-21,38H2,1-2H3,(H,39,44)/t23-/m0/s1. The number of nitrogens with two attached hydrogens (primary N) is 1. The molecule has 2 aliphatic rings. The smallest absolute Gasteiger partial charge is 0.254 e. The van der Waals surface area contributed by atoms with Gasteiger partial charge in [-0.3, -0.25) is 9.59 Å². The maximum atomic E-state index is 13.7. The minimum absolute atomic E-state index is 0.00231. The largest absolute Gasteiger partial charge is 0.494 e. The van der Waals surface area contributed by atoms with Crippen LogP contribution in [0.4, 0.5) is 0 Å². The van der Waals surface area contributed by atoms with Crippen LogP contribution in [0.3, 0.4) is 0 Å². The Morgan fingerprint density at radius 2 is 1.87 bits per heavy atom. The molecule has 8 rings (SSSR count). The minimum Gasteiger partial charge on any atom is -0.494 e. The van der Waals surface area contributed by atoms with E-state index in [4.69, 9.17) is 15.5 Å². The zero-order valence-corrected chi connectivity index (χ0v) is 26.3. The van der Waals surface area contributed by atoms with Crippen LogP contribution in [-0.4, -0.2) is 56.7 Å². The summed E-state index contributed by atoms with van der Waals surface area (Å²) in [5.41, 5.74) is 13.3. The Labute approximate surface area is 266 Å². The Morgan fingerprint density at radius 1 is 1.00 bits per heavy atom. The second-order valence-corrected chi connectivity index (χ2v) is 13.0. The summed E-state index contributed by atoms with van der Waals surface area (Å²) >= 11 is 0. The van der Waals surface area contributed by atoms with Crippen LogP contribution >= 0.6 is 0 Å². The molecule has 0 bridgehead atoms. The van der Waals surface area contributed by atoms with Crippen LogP contribution in [0.15, 0.2) is 71.5 Å². The number of likely N-dealkylation sites (tertiary alicyclic amines) is 1. The number of benzene rings is 3. The first kappa shape index (κ1) is 28.6. The quantitative estimate of drug-likeness (QED) is 0.232. The van der Waals surface area contributed by atoms with Crippen LogP contribution in [-0.2, 0) is 13.6 Å². The molecule has 0 unspecified atom stereocenters. The van der Waals surface area contributed by atoms with E-state index in [0.29, 0.717) is 36.2 Å². The lowest BCUT2D eigenvalue weighted by Gasteiger charge is -2.32. The third kappa shape index (κ3) is 4.86. The molecule has 46 heavy (non-hydrogen) atoms. The number of ether oxygens (including phenoxy) is 1. The molecule has 0 spiro atoms. The molecule has 1 aliphatic heterocycles. The number of para-hydroxylation sites is 1. The molecular formula is C37H38N6O3. The topological polar surface area (TPSA) is 111 Å². The van der Waals surface area contributed by atoms with Crippen molar-refractivity contribution in [3.05, 3.63) is 82.6 Å². The second-order valence-electron chi connectivity index (χ2n) is 13.0. The lowest BCUT2D eigenvalue weighted by atomic mass is 9.97. The molecular weight excluding hydrogens is 576 g/mol. The fourth-order valence-corrected chi connectivity index (χ4v) is 7.26. The number of aromatic amines is 1. The van der Waals surface area contributed by atoms with Gasteiger partial charge >= 0.3 is 0 Å². The first-order chi connectivity index (χ1) is 22.4. The Kier molecular flexibility index (Phi) is 6.94. The van der Waals surface area contributed by atoms with Gasteiger partial charge in [0, 0.05) is 54.8 Å². The number of aryl methyl sites for hydroxylation is 1. The molecule has 1 atom stereocenters. The van der Waals surface area contributed by atoms with Gasteiger partial charge in [0.1, 0.15) is 11.3 Å². The minimum atomic E-state index is -0.104. The van der Waals surface area contributed by atoms with Gasteiger partial charge in [0.25, 0.3) is 5.91 Å². The third-order valence-corrected chi connectivity index (χ3v) is 9.86. The van der Waals surface area contributed by atoms with Crippen LogP contribution < -0.4 is 16.0 Å². The zero-order valence-electron chi connectivity index (χ0n) is 26.3. The van der Waals surface area contributed by atoms with Crippen molar-refractivity contribution in [2.24, 2.45) is 24.6 Å². The zero-order chi connectivity index (χ0) is 31.5. The summed E-state index contributed by atoms with van der Waals surface area (Å²) in [5.74, 6) is 2.42. The third-order valence-electron chi connectivity index (χ3n) is 9.86. The van der Waals surface area contributed by atoms with Crippen LogP contribution in [0, 0.1) is 11.8 Å². The van der Waals surface area contributed by atoms with Crippen LogP contribution in [0.1, 0.15) is 36.0 Å². The van der Waals surface area contributed by atoms with E-state index in [1.165, 1.54) is 18.4 Å². The number of piperidine rings is 1. The highest BCUT2D eigenvalue weighted by Gasteiger charge is 2.29. The number of aromatic nitrogens is 4. The van der Waals surface area contributed by atoms with Gasteiger partial charge in [-0.2, -0.15) is 0 Å². The highest BCUT2D eigenvalue weighted by molar-refractivity contribution is 6.02. The average Bonchev–Trinajstić information content (AvgIpc) is 3.75. The van der Waals surface area contributed by atoms with Crippen molar-refractivity contribution in [3.63, 3.8) is 0 Å². The summed E-state index contributed by atoms with van der Waals surface area (Å²) in [7, 11) is 3.67. The van der Waals surface area contributed by atoms with Gasteiger partial charge in [-0.25, -0.2) is 4.98 Å². The number of fused-ring (bicyclic) bond motifs is 3. The summed E-state index contributed by atoms with van der Waals surface area (Å²) in [6.45, 7) is 2.91. The highest BCUT2D eigenvalue weighted by Crippen LogP contribution is 2.41. The van der Waals surface area contributed by atoms with E-state index in [1.807, 2.05) is 36.2 Å². The summed E-state index contributed by atoms with van der Waals surface area (Å²) in [4.78, 5) is 35.6. The molecule has 2 fully saturated rings. The number of imidazole rings is 1. The number of pyridine rings is 1. The normalized spacial score (nSPS) is 16.9. The Bertz CT molecular complexity index is 2200. The molecule has 6 aromatic rings. The van der Waals surface area contributed by atoms with Crippen molar-refractivity contribution in [1.29, 1.82) is 0 Å². The first-order valence-corrected chi connectivity index (χ1v) is 16.2. The van der Waals surface area contributed by atoms with Gasteiger partial charge < -0.3 is 29.5 Å². The summed E-state index contributed by atoms with van der Waals surface area (Å²) in [6.07, 6.45) is 4.46.